The number of carbonyl (C=O) groups excluding carboxylic acids is 2. The molecular formula is C16H15BrN2O4. The van der Waals surface area contributed by atoms with Crippen LogP contribution >= 0.6 is 15.9 Å². The fraction of sp³-hybridized carbons (Fsp3) is 0.250. The number of nitrogens with one attached hydrogen (secondary N) is 1. The molecule has 1 N–H and O–H groups in total. The van der Waals surface area contributed by atoms with Gasteiger partial charge in [-0.25, -0.2) is 0 Å². The first-order valence-electron chi connectivity index (χ1n) is 7.18. The first-order valence-corrected chi connectivity index (χ1v) is 7.97. The number of nitrogens with zero attached hydrogens (tertiary/aromatic N) is 1. The van der Waals surface area contributed by atoms with Crippen LogP contribution in [0.1, 0.15) is 24.4 Å². The maximum atomic E-state index is 12.1. The van der Waals surface area contributed by atoms with E-state index in [4.69, 9.17) is 9.15 Å². The Kier molecular flexibility index (Phi) is 4.12. The summed E-state index contributed by atoms with van der Waals surface area (Å²) in [4.78, 5) is 25.9. The van der Waals surface area contributed by atoms with Crippen molar-refractivity contribution in [3.05, 3.63) is 40.8 Å². The molecule has 0 radical (unpaired) electrons. The summed E-state index contributed by atoms with van der Waals surface area (Å²) in [6, 6.07) is 8.42. The highest BCUT2D eigenvalue weighted by atomic mass is 79.9. The van der Waals surface area contributed by atoms with Crippen LogP contribution in [0.5, 0.6) is 5.75 Å². The van der Waals surface area contributed by atoms with Crippen LogP contribution in [0.15, 0.2) is 39.4 Å². The molecule has 0 spiro atoms. The number of furan rings is 1. The number of benzene rings is 1. The van der Waals surface area contributed by atoms with Gasteiger partial charge in [0.15, 0.2) is 16.5 Å². The fourth-order valence-electron chi connectivity index (χ4n) is 2.44. The van der Waals surface area contributed by atoms with Crippen LogP contribution in [0, 0.1) is 0 Å². The summed E-state index contributed by atoms with van der Waals surface area (Å²) in [6.45, 7) is 4.18. The molecule has 2 heterocycles. The van der Waals surface area contributed by atoms with E-state index in [0.717, 1.165) is 0 Å². The van der Waals surface area contributed by atoms with Gasteiger partial charge in [-0.1, -0.05) is 0 Å². The number of hydrogen-bond acceptors (Lipinski definition) is 4. The second-order valence-electron chi connectivity index (χ2n) is 5.08. The van der Waals surface area contributed by atoms with Crippen LogP contribution in [0.3, 0.4) is 0 Å². The molecule has 0 fully saturated rings. The smallest absolute Gasteiger partial charge is 0.291 e. The van der Waals surface area contributed by atoms with Gasteiger partial charge in [-0.2, -0.15) is 0 Å². The molecule has 3 rings (SSSR count). The highest BCUT2D eigenvalue weighted by molar-refractivity contribution is 9.10. The summed E-state index contributed by atoms with van der Waals surface area (Å²) in [5.41, 5.74) is 1.27. The molecule has 1 aromatic carbocycles. The fourth-order valence-corrected chi connectivity index (χ4v) is 2.75. The lowest BCUT2D eigenvalue weighted by atomic mass is 10.1. The van der Waals surface area contributed by atoms with Crippen molar-refractivity contribution in [3.8, 4) is 5.75 Å². The minimum atomic E-state index is -0.547. The molecule has 1 atom stereocenters. The molecule has 1 unspecified atom stereocenters. The largest absolute Gasteiger partial charge is 0.479 e. The van der Waals surface area contributed by atoms with Crippen LogP contribution in [0.2, 0.25) is 0 Å². The Balaban J connectivity index is 1.85. The minimum Gasteiger partial charge on any atom is -0.479 e. The summed E-state index contributed by atoms with van der Waals surface area (Å²) in [6.07, 6.45) is -0.547. The highest BCUT2D eigenvalue weighted by Gasteiger charge is 2.30. The number of likely N-dealkylation sites (N-methyl/N-ethyl adjacent to an activating group) is 1. The second-order valence-corrected chi connectivity index (χ2v) is 5.86. The highest BCUT2D eigenvalue weighted by Crippen LogP contribution is 2.36. The predicted octanol–water partition coefficient (Wildman–Crippen LogP) is 3.43. The maximum Gasteiger partial charge on any atom is 0.291 e. The molecule has 0 bridgehead atoms. The molecule has 1 aliphatic heterocycles. The van der Waals surface area contributed by atoms with Crippen LogP contribution in [-0.2, 0) is 4.79 Å². The van der Waals surface area contributed by atoms with Crippen LogP contribution in [0.25, 0.3) is 0 Å². The average molecular weight is 379 g/mol. The van der Waals surface area contributed by atoms with Crippen molar-refractivity contribution >= 4 is 39.1 Å². The number of carbonyl (C=O) groups is 2. The Bertz CT molecular complexity index is 771. The summed E-state index contributed by atoms with van der Waals surface area (Å²) >= 11 is 3.16. The number of fused-ring (bicyclic) bond motifs is 1. The van der Waals surface area contributed by atoms with Gasteiger partial charge in [-0.15, -0.1) is 0 Å². The molecule has 7 heteroatoms. The van der Waals surface area contributed by atoms with Gasteiger partial charge in [0.2, 0.25) is 0 Å². The van der Waals surface area contributed by atoms with Gasteiger partial charge in [0, 0.05) is 18.3 Å². The molecule has 2 aromatic rings. The third-order valence-corrected chi connectivity index (χ3v) is 3.97. The SMILES string of the molecule is CCN1C(=O)C(C)Oc2cc(NC(=O)c3ccc(Br)o3)ccc21. The minimum absolute atomic E-state index is 0.0720. The Morgan fingerprint density at radius 1 is 1.35 bits per heavy atom. The van der Waals surface area contributed by atoms with Crippen LogP contribution < -0.4 is 15.0 Å². The second kappa shape index (κ2) is 6.08. The van der Waals surface area contributed by atoms with E-state index in [0.29, 0.717) is 28.3 Å². The molecule has 0 saturated carbocycles. The molecule has 0 aliphatic carbocycles. The van der Waals surface area contributed by atoms with E-state index in [1.54, 1.807) is 42.2 Å². The van der Waals surface area contributed by atoms with E-state index in [2.05, 4.69) is 21.2 Å². The predicted molar refractivity (Wildman–Crippen MR) is 88.9 cm³/mol. The third-order valence-electron chi connectivity index (χ3n) is 3.54. The quantitative estimate of drug-likeness (QED) is 0.887. The van der Waals surface area contributed by atoms with E-state index in [1.807, 2.05) is 6.92 Å². The molecule has 120 valence electrons. The number of amides is 2. The van der Waals surface area contributed by atoms with Crippen molar-refractivity contribution in [1.82, 2.24) is 0 Å². The van der Waals surface area contributed by atoms with Gasteiger partial charge in [-0.3, -0.25) is 9.59 Å². The lowest BCUT2D eigenvalue weighted by Crippen LogP contribution is -2.44. The summed E-state index contributed by atoms with van der Waals surface area (Å²) < 4.78 is 11.3. The third kappa shape index (κ3) is 2.96. The molecule has 0 saturated heterocycles. The van der Waals surface area contributed by atoms with E-state index >= 15 is 0 Å². The van der Waals surface area contributed by atoms with E-state index in [1.165, 1.54) is 0 Å². The summed E-state index contributed by atoms with van der Waals surface area (Å²) in [5.74, 6) is 0.340. The zero-order valence-corrected chi connectivity index (χ0v) is 14.2. The number of ether oxygens (including phenoxy) is 1. The first kappa shape index (κ1) is 15.6. The molecule has 6 nitrogen and oxygen atoms in total. The molecule has 23 heavy (non-hydrogen) atoms. The lowest BCUT2D eigenvalue weighted by Gasteiger charge is -2.32. The van der Waals surface area contributed by atoms with Crippen molar-refractivity contribution in [2.45, 2.75) is 20.0 Å². The first-order chi connectivity index (χ1) is 11.0. The number of rotatable bonds is 3. The monoisotopic (exact) mass is 378 g/mol. The Labute approximate surface area is 141 Å². The van der Waals surface area contributed by atoms with Crippen molar-refractivity contribution in [3.63, 3.8) is 0 Å². The molecule has 1 aliphatic rings. The van der Waals surface area contributed by atoms with Gasteiger partial charge < -0.3 is 19.4 Å². The van der Waals surface area contributed by atoms with Crippen molar-refractivity contribution < 1.29 is 18.7 Å². The summed E-state index contributed by atoms with van der Waals surface area (Å²) in [5, 5.41) is 2.74. The maximum absolute atomic E-state index is 12.1. The molecule has 1 aromatic heterocycles. The van der Waals surface area contributed by atoms with Gasteiger partial charge in [0.1, 0.15) is 5.75 Å². The van der Waals surface area contributed by atoms with Gasteiger partial charge >= 0.3 is 0 Å². The molecular weight excluding hydrogens is 364 g/mol. The molecule has 2 amide bonds. The van der Waals surface area contributed by atoms with Crippen molar-refractivity contribution in [2.24, 2.45) is 0 Å². The number of halogens is 1. The van der Waals surface area contributed by atoms with Gasteiger partial charge in [0.25, 0.3) is 11.8 Å². The standard InChI is InChI=1S/C16H15BrN2O4/c1-3-19-11-5-4-10(8-13(11)22-9(2)16(19)21)18-15(20)12-6-7-14(17)23-12/h4-9H,3H2,1-2H3,(H,18,20). The number of hydrogen-bond donors (Lipinski definition) is 1. The van der Waals surface area contributed by atoms with Gasteiger partial charge in [0.05, 0.1) is 5.69 Å². The Morgan fingerprint density at radius 2 is 2.13 bits per heavy atom. The zero-order valence-electron chi connectivity index (χ0n) is 12.6. The Hall–Kier alpha value is -2.28. The van der Waals surface area contributed by atoms with E-state index in [9.17, 15) is 9.59 Å². The van der Waals surface area contributed by atoms with Crippen molar-refractivity contribution in [2.75, 3.05) is 16.8 Å². The topological polar surface area (TPSA) is 71.8 Å². The summed E-state index contributed by atoms with van der Waals surface area (Å²) in [7, 11) is 0. The zero-order chi connectivity index (χ0) is 16.6. The lowest BCUT2D eigenvalue weighted by molar-refractivity contribution is -0.125. The van der Waals surface area contributed by atoms with E-state index in [-0.39, 0.29) is 17.6 Å². The average Bonchev–Trinajstić information content (AvgIpc) is 2.95. The van der Waals surface area contributed by atoms with Crippen LogP contribution in [-0.4, -0.2) is 24.5 Å². The van der Waals surface area contributed by atoms with Crippen molar-refractivity contribution in [1.29, 1.82) is 0 Å². The van der Waals surface area contributed by atoms with E-state index < -0.39 is 6.10 Å². The van der Waals surface area contributed by atoms with Gasteiger partial charge in [-0.05, 0) is 54.0 Å². The normalized spacial score (nSPS) is 16.7. The Morgan fingerprint density at radius 3 is 2.78 bits per heavy atom. The number of anilines is 2. The van der Waals surface area contributed by atoms with Crippen LogP contribution in [0.4, 0.5) is 11.4 Å².